The van der Waals surface area contributed by atoms with Gasteiger partial charge in [0.15, 0.2) is 0 Å². The van der Waals surface area contributed by atoms with Crippen LogP contribution in [-0.4, -0.2) is 12.6 Å². The molecule has 0 aliphatic carbocycles. The molecular formula is C14H21N. The van der Waals surface area contributed by atoms with Gasteiger partial charge in [0.05, 0.1) is 0 Å². The molecule has 0 amide bonds. The molecule has 1 aromatic rings. The number of rotatable bonds is 2. The van der Waals surface area contributed by atoms with E-state index in [1.54, 1.807) is 0 Å². The molecule has 2 atom stereocenters. The highest BCUT2D eigenvalue weighted by Crippen LogP contribution is 2.29. The Labute approximate surface area is 92.9 Å². The summed E-state index contributed by atoms with van der Waals surface area (Å²) < 4.78 is 0. The van der Waals surface area contributed by atoms with E-state index >= 15 is 0 Å². The largest absolute Gasteiger partial charge is 0.314 e. The first kappa shape index (κ1) is 10.7. The van der Waals surface area contributed by atoms with E-state index in [4.69, 9.17) is 0 Å². The second-order valence-corrected chi connectivity index (χ2v) is 4.94. The highest BCUT2D eigenvalue weighted by atomic mass is 14.9. The van der Waals surface area contributed by atoms with Gasteiger partial charge in [-0.3, -0.25) is 0 Å². The van der Waals surface area contributed by atoms with Gasteiger partial charge in [-0.2, -0.15) is 0 Å². The van der Waals surface area contributed by atoms with Crippen molar-refractivity contribution in [1.82, 2.24) is 5.32 Å². The Balaban J connectivity index is 2.05. The molecule has 1 aliphatic heterocycles. The molecule has 1 fully saturated rings. The SMILES string of the molecule is CC(C)[C@H]1C[C@H](c2ccccc2)CCN1. The molecule has 0 aromatic heterocycles. The molecule has 1 aromatic carbocycles. The topological polar surface area (TPSA) is 12.0 Å². The highest BCUT2D eigenvalue weighted by molar-refractivity contribution is 5.20. The van der Waals surface area contributed by atoms with Crippen LogP contribution in [0.3, 0.4) is 0 Å². The van der Waals surface area contributed by atoms with Crippen LogP contribution in [0.1, 0.15) is 38.2 Å². The molecule has 1 heteroatoms. The predicted molar refractivity (Wildman–Crippen MR) is 65.0 cm³/mol. The van der Waals surface area contributed by atoms with Crippen LogP contribution in [0.15, 0.2) is 30.3 Å². The second kappa shape index (κ2) is 4.80. The van der Waals surface area contributed by atoms with Crippen LogP contribution in [0.25, 0.3) is 0 Å². The van der Waals surface area contributed by atoms with Gasteiger partial charge in [0.2, 0.25) is 0 Å². The first-order valence-corrected chi connectivity index (χ1v) is 6.05. The smallest absolute Gasteiger partial charge is 0.00958 e. The summed E-state index contributed by atoms with van der Waals surface area (Å²) in [5.74, 6) is 1.51. The van der Waals surface area contributed by atoms with Crippen molar-refractivity contribution in [3.63, 3.8) is 0 Å². The lowest BCUT2D eigenvalue weighted by atomic mass is 9.83. The first-order chi connectivity index (χ1) is 7.27. The maximum atomic E-state index is 3.62. The van der Waals surface area contributed by atoms with Crippen molar-refractivity contribution in [1.29, 1.82) is 0 Å². The molecule has 82 valence electrons. The van der Waals surface area contributed by atoms with E-state index in [0.29, 0.717) is 6.04 Å². The average molecular weight is 203 g/mol. The van der Waals surface area contributed by atoms with E-state index in [1.807, 2.05) is 0 Å². The molecule has 0 spiro atoms. The second-order valence-electron chi connectivity index (χ2n) is 4.94. The number of piperidine rings is 1. The quantitative estimate of drug-likeness (QED) is 0.778. The summed E-state index contributed by atoms with van der Waals surface area (Å²) in [6.07, 6.45) is 2.58. The summed E-state index contributed by atoms with van der Waals surface area (Å²) in [5, 5.41) is 3.62. The minimum atomic E-state index is 0.698. The molecule has 15 heavy (non-hydrogen) atoms. The Hall–Kier alpha value is -0.820. The van der Waals surface area contributed by atoms with Crippen molar-refractivity contribution in [2.45, 2.75) is 38.6 Å². The van der Waals surface area contributed by atoms with Crippen molar-refractivity contribution >= 4 is 0 Å². The van der Waals surface area contributed by atoms with Crippen LogP contribution in [0.5, 0.6) is 0 Å². The Bertz CT molecular complexity index is 291. The van der Waals surface area contributed by atoms with Crippen LogP contribution < -0.4 is 5.32 Å². The summed E-state index contributed by atoms with van der Waals surface area (Å²) in [4.78, 5) is 0. The van der Waals surface area contributed by atoms with Gasteiger partial charge in [0.1, 0.15) is 0 Å². The van der Waals surface area contributed by atoms with E-state index in [-0.39, 0.29) is 0 Å². The fourth-order valence-electron chi connectivity index (χ4n) is 2.49. The molecule has 1 aliphatic rings. The van der Waals surface area contributed by atoms with Gasteiger partial charge in [-0.05, 0) is 36.8 Å². The van der Waals surface area contributed by atoms with E-state index in [1.165, 1.54) is 24.9 Å². The molecule has 1 heterocycles. The maximum absolute atomic E-state index is 3.62. The minimum absolute atomic E-state index is 0.698. The van der Waals surface area contributed by atoms with Crippen LogP contribution in [0, 0.1) is 5.92 Å². The third kappa shape index (κ3) is 2.60. The monoisotopic (exact) mass is 203 g/mol. The third-order valence-corrected chi connectivity index (χ3v) is 3.51. The normalized spacial score (nSPS) is 26.9. The first-order valence-electron chi connectivity index (χ1n) is 6.05. The molecule has 0 saturated carbocycles. The fourth-order valence-corrected chi connectivity index (χ4v) is 2.49. The lowest BCUT2D eigenvalue weighted by Crippen LogP contribution is -2.40. The average Bonchev–Trinajstić information content (AvgIpc) is 2.30. The van der Waals surface area contributed by atoms with E-state index in [9.17, 15) is 0 Å². The van der Waals surface area contributed by atoms with Crippen LogP contribution in [0.4, 0.5) is 0 Å². The summed E-state index contributed by atoms with van der Waals surface area (Å²) in [6, 6.07) is 11.7. The fraction of sp³-hybridized carbons (Fsp3) is 0.571. The van der Waals surface area contributed by atoms with Crippen molar-refractivity contribution in [3.05, 3.63) is 35.9 Å². The summed E-state index contributed by atoms with van der Waals surface area (Å²) in [7, 11) is 0. The molecule has 0 bridgehead atoms. The number of benzene rings is 1. The highest BCUT2D eigenvalue weighted by Gasteiger charge is 2.24. The van der Waals surface area contributed by atoms with E-state index in [2.05, 4.69) is 49.5 Å². The van der Waals surface area contributed by atoms with Gasteiger partial charge in [-0.15, -0.1) is 0 Å². The van der Waals surface area contributed by atoms with Crippen molar-refractivity contribution in [3.8, 4) is 0 Å². The summed E-state index contributed by atoms with van der Waals surface area (Å²) in [6.45, 7) is 5.79. The Morgan fingerprint density at radius 1 is 1.20 bits per heavy atom. The third-order valence-electron chi connectivity index (χ3n) is 3.51. The van der Waals surface area contributed by atoms with Crippen molar-refractivity contribution in [2.24, 2.45) is 5.92 Å². The summed E-state index contributed by atoms with van der Waals surface area (Å²) in [5.41, 5.74) is 1.52. The minimum Gasteiger partial charge on any atom is -0.314 e. The molecular weight excluding hydrogens is 182 g/mol. The Kier molecular flexibility index (Phi) is 3.42. The van der Waals surface area contributed by atoms with Crippen LogP contribution in [0.2, 0.25) is 0 Å². The number of nitrogens with one attached hydrogen (secondary N) is 1. The van der Waals surface area contributed by atoms with E-state index < -0.39 is 0 Å². The standard InChI is InChI=1S/C14H21N/c1-11(2)14-10-13(8-9-15-14)12-6-4-3-5-7-12/h3-7,11,13-15H,8-10H2,1-2H3/t13-,14-/m1/s1. The van der Waals surface area contributed by atoms with Crippen molar-refractivity contribution < 1.29 is 0 Å². The molecule has 0 unspecified atom stereocenters. The van der Waals surface area contributed by atoms with Gasteiger partial charge >= 0.3 is 0 Å². The number of hydrogen-bond donors (Lipinski definition) is 1. The molecule has 1 N–H and O–H groups in total. The lowest BCUT2D eigenvalue weighted by Gasteiger charge is -2.33. The van der Waals surface area contributed by atoms with Gasteiger partial charge in [0.25, 0.3) is 0 Å². The molecule has 1 saturated heterocycles. The van der Waals surface area contributed by atoms with Crippen LogP contribution >= 0.6 is 0 Å². The molecule has 1 nitrogen and oxygen atoms in total. The molecule has 0 radical (unpaired) electrons. The van der Waals surface area contributed by atoms with Gasteiger partial charge < -0.3 is 5.32 Å². The predicted octanol–water partition coefficient (Wildman–Crippen LogP) is 3.18. The van der Waals surface area contributed by atoms with Gasteiger partial charge in [-0.1, -0.05) is 44.2 Å². The van der Waals surface area contributed by atoms with Gasteiger partial charge in [-0.25, -0.2) is 0 Å². The summed E-state index contributed by atoms with van der Waals surface area (Å²) >= 11 is 0. The van der Waals surface area contributed by atoms with E-state index in [0.717, 1.165) is 11.8 Å². The lowest BCUT2D eigenvalue weighted by molar-refractivity contribution is 0.299. The Morgan fingerprint density at radius 3 is 2.60 bits per heavy atom. The van der Waals surface area contributed by atoms with Gasteiger partial charge in [0, 0.05) is 6.04 Å². The molecule has 2 rings (SSSR count). The zero-order valence-corrected chi connectivity index (χ0v) is 9.74. The Morgan fingerprint density at radius 2 is 1.93 bits per heavy atom. The van der Waals surface area contributed by atoms with Crippen molar-refractivity contribution in [2.75, 3.05) is 6.54 Å². The number of hydrogen-bond acceptors (Lipinski definition) is 1. The van der Waals surface area contributed by atoms with Crippen LogP contribution in [-0.2, 0) is 0 Å². The zero-order chi connectivity index (χ0) is 10.7. The zero-order valence-electron chi connectivity index (χ0n) is 9.74. The maximum Gasteiger partial charge on any atom is 0.00958 e.